The van der Waals surface area contributed by atoms with Crippen LogP contribution in [0.2, 0.25) is 0 Å². The summed E-state index contributed by atoms with van der Waals surface area (Å²) in [6, 6.07) is 0. The molecule has 0 heterocycles. The predicted octanol–water partition coefficient (Wildman–Crippen LogP) is 9.99. The second kappa shape index (κ2) is 17.0. The molecule has 41 heavy (non-hydrogen) atoms. The minimum absolute atomic E-state index is 0.0823. The van der Waals surface area contributed by atoms with Crippen molar-refractivity contribution in [3.63, 3.8) is 0 Å². The summed E-state index contributed by atoms with van der Waals surface area (Å²) in [6.07, 6.45) is 31.9. The lowest BCUT2D eigenvalue weighted by molar-refractivity contribution is -0.137. The number of aliphatic carboxylic acids is 1. The third kappa shape index (κ3) is 9.54. The lowest BCUT2D eigenvalue weighted by Gasteiger charge is -2.57. The largest absolute Gasteiger partial charge is 0.481 e. The Labute approximate surface area is 251 Å². The van der Waals surface area contributed by atoms with Gasteiger partial charge in [0, 0.05) is 12.8 Å². The Balaban J connectivity index is 0.000000226. The molecule has 0 aromatic carbocycles. The lowest BCUT2D eigenvalue weighted by atomic mass is 9.47. The Hall–Kier alpha value is -1.42. The summed E-state index contributed by atoms with van der Waals surface area (Å²) >= 11 is 0. The topological polar surface area (TPSA) is 74.6 Å². The van der Waals surface area contributed by atoms with E-state index in [1.807, 2.05) is 6.08 Å². The van der Waals surface area contributed by atoms with E-state index in [9.17, 15) is 14.7 Å². The van der Waals surface area contributed by atoms with Crippen molar-refractivity contribution in [2.45, 2.75) is 168 Å². The highest BCUT2D eigenvalue weighted by Gasteiger charge is 2.58. The van der Waals surface area contributed by atoms with Gasteiger partial charge < -0.3 is 10.2 Å². The van der Waals surface area contributed by atoms with Crippen molar-refractivity contribution < 1.29 is 19.8 Å². The smallest absolute Gasteiger partial charge is 0.303 e. The summed E-state index contributed by atoms with van der Waals surface area (Å²) in [7, 11) is 0. The molecule has 6 atom stereocenters. The Morgan fingerprint density at radius 3 is 2.12 bits per heavy atom. The number of aliphatic hydroxyl groups is 1. The van der Waals surface area contributed by atoms with Crippen LogP contribution in [0, 0.1) is 28.6 Å². The van der Waals surface area contributed by atoms with Crippen LogP contribution in [-0.4, -0.2) is 28.1 Å². The molecule has 4 nitrogen and oxygen atoms in total. The van der Waals surface area contributed by atoms with Gasteiger partial charge in [-0.3, -0.25) is 9.59 Å². The number of carboxylic acids is 1. The number of ketones is 1. The summed E-state index contributed by atoms with van der Waals surface area (Å²) in [5, 5.41) is 19.0. The Kier molecular flexibility index (Phi) is 14.1. The molecule has 4 aliphatic carbocycles. The SMILES string of the molecule is CCCCCCCCC=CCCCCCCCC(=O)O.C[C@]12CC[C@H]3[C@@H](CCC4=CC(=O)CC[C@@]43C)[C@@H]1CC[C@@H]2O. The van der Waals surface area contributed by atoms with Gasteiger partial charge in [0.25, 0.3) is 0 Å². The fourth-order valence-corrected chi connectivity index (χ4v) is 8.88. The highest BCUT2D eigenvalue weighted by molar-refractivity contribution is 5.91. The standard InChI is InChI=1S/C19H28O2.C18H34O2/c1-18-9-7-13(20)11-12(18)3-4-14-15-5-6-17(21)19(15,2)10-8-16(14)18;1-2-3-4-5-6-7-8-9-10-11-12-13-14-15-16-17-18(19)20/h11,14-17,21H,3-10H2,1-2H3;9-10H,2-8,11-17H2,1H3,(H,19,20)/t14-,15-,16-,17-,18-,19-;/m0./s1. The summed E-state index contributed by atoms with van der Waals surface area (Å²) in [4.78, 5) is 22.1. The fraction of sp³-hybridized carbons (Fsp3) is 0.838. The monoisotopic (exact) mass is 570 g/mol. The molecule has 3 fully saturated rings. The van der Waals surface area contributed by atoms with Crippen molar-refractivity contribution in [1.82, 2.24) is 0 Å². The maximum atomic E-state index is 11.8. The Morgan fingerprint density at radius 2 is 1.46 bits per heavy atom. The molecule has 0 aromatic rings. The zero-order chi connectivity index (χ0) is 29.7. The maximum absolute atomic E-state index is 11.8. The molecule has 0 saturated heterocycles. The van der Waals surface area contributed by atoms with E-state index >= 15 is 0 Å². The zero-order valence-electron chi connectivity index (χ0n) is 26.8. The molecule has 4 heteroatoms. The van der Waals surface area contributed by atoms with Crippen LogP contribution < -0.4 is 0 Å². The normalized spacial score (nSPS) is 32.5. The number of aliphatic hydroxyl groups excluding tert-OH is 1. The summed E-state index contributed by atoms with van der Waals surface area (Å²) in [5.41, 5.74) is 1.89. The van der Waals surface area contributed by atoms with Gasteiger partial charge in [-0.25, -0.2) is 0 Å². The third-order valence-electron chi connectivity index (χ3n) is 11.6. The number of allylic oxidation sites excluding steroid dienone is 3. The van der Waals surface area contributed by atoms with E-state index in [-0.39, 0.29) is 16.9 Å². The van der Waals surface area contributed by atoms with E-state index in [1.54, 1.807) is 0 Å². The number of carboxylic acid groups (broad SMARTS) is 1. The van der Waals surface area contributed by atoms with Crippen LogP contribution in [0.1, 0.15) is 162 Å². The van der Waals surface area contributed by atoms with Crippen LogP contribution in [-0.2, 0) is 9.59 Å². The second-order valence-electron chi connectivity index (χ2n) is 14.3. The summed E-state index contributed by atoms with van der Waals surface area (Å²) < 4.78 is 0. The highest BCUT2D eigenvalue weighted by atomic mass is 16.4. The van der Waals surface area contributed by atoms with E-state index in [0.717, 1.165) is 50.4 Å². The van der Waals surface area contributed by atoms with Gasteiger partial charge >= 0.3 is 5.97 Å². The molecule has 0 aromatic heterocycles. The van der Waals surface area contributed by atoms with Crippen LogP contribution in [0.15, 0.2) is 23.8 Å². The van der Waals surface area contributed by atoms with Crippen LogP contribution in [0.25, 0.3) is 0 Å². The third-order valence-corrected chi connectivity index (χ3v) is 11.6. The van der Waals surface area contributed by atoms with Gasteiger partial charge in [-0.2, -0.15) is 0 Å². The molecule has 3 saturated carbocycles. The molecule has 0 amide bonds. The molecule has 0 spiro atoms. The number of rotatable bonds is 15. The van der Waals surface area contributed by atoms with Crippen molar-refractivity contribution in [1.29, 1.82) is 0 Å². The number of carbonyl (C=O) groups is 2. The molecule has 0 aliphatic heterocycles. The molecule has 0 unspecified atom stereocenters. The lowest BCUT2D eigenvalue weighted by Crippen LogP contribution is -2.51. The number of unbranched alkanes of at least 4 members (excludes halogenated alkanes) is 11. The number of carbonyl (C=O) groups excluding carboxylic acids is 1. The number of fused-ring (bicyclic) bond motifs is 5. The van der Waals surface area contributed by atoms with E-state index in [4.69, 9.17) is 5.11 Å². The van der Waals surface area contributed by atoms with Crippen LogP contribution in [0.4, 0.5) is 0 Å². The average Bonchev–Trinajstić information content (AvgIpc) is 3.25. The van der Waals surface area contributed by atoms with Crippen molar-refractivity contribution in [3.05, 3.63) is 23.8 Å². The van der Waals surface area contributed by atoms with Gasteiger partial charge in [0.15, 0.2) is 5.78 Å². The first kappa shape index (κ1) is 34.1. The van der Waals surface area contributed by atoms with Gasteiger partial charge in [-0.05, 0) is 112 Å². The Morgan fingerprint density at radius 1 is 0.829 bits per heavy atom. The molecule has 4 aliphatic rings. The van der Waals surface area contributed by atoms with Crippen molar-refractivity contribution in [3.8, 4) is 0 Å². The highest BCUT2D eigenvalue weighted by Crippen LogP contribution is 2.65. The zero-order valence-corrected chi connectivity index (χ0v) is 26.8. The van der Waals surface area contributed by atoms with Crippen LogP contribution >= 0.6 is 0 Å². The predicted molar refractivity (Wildman–Crippen MR) is 170 cm³/mol. The average molecular weight is 571 g/mol. The van der Waals surface area contributed by atoms with Gasteiger partial charge in [0.1, 0.15) is 0 Å². The molecule has 0 bridgehead atoms. The van der Waals surface area contributed by atoms with Gasteiger partial charge in [-0.15, -0.1) is 0 Å². The van der Waals surface area contributed by atoms with E-state index < -0.39 is 5.97 Å². The first-order valence-electron chi connectivity index (χ1n) is 17.5. The number of hydrogen-bond acceptors (Lipinski definition) is 3. The summed E-state index contributed by atoms with van der Waals surface area (Å²) in [5.74, 6) is 1.91. The quantitative estimate of drug-likeness (QED) is 0.152. The minimum Gasteiger partial charge on any atom is -0.481 e. The van der Waals surface area contributed by atoms with Gasteiger partial charge in [0.05, 0.1) is 6.10 Å². The molecular weight excluding hydrogens is 508 g/mol. The molecule has 234 valence electrons. The van der Waals surface area contributed by atoms with Crippen molar-refractivity contribution in [2.75, 3.05) is 0 Å². The first-order valence-corrected chi connectivity index (χ1v) is 17.5. The number of hydrogen-bond donors (Lipinski definition) is 2. The van der Waals surface area contributed by atoms with Gasteiger partial charge in [-0.1, -0.05) is 89.9 Å². The molecular formula is C37H62O4. The van der Waals surface area contributed by atoms with E-state index in [2.05, 4.69) is 32.9 Å². The van der Waals surface area contributed by atoms with Gasteiger partial charge in [0.2, 0.25) is 0 Å². The minimum atomic E-state index is -0.664. The van der Waals surface area contributed by atoms with Crippen LogP contribution in [0.3, 0.4) is 0 Å². The van der Waals surface area contributed by atoms with Crippen molar-refractivity contribution >= 4 is 11.8 Å². The fourth-order valence-electron chi connectivity index (χ4n) is 8.88. The summed E-state index contributed by atoms with van der Waals surface area (Å²) in [6.45, 7) is 7.02. The molecule has 4 rings (SSSR count). The second-order valence-corrected chi connectivity index (χ2v) is 14.3. The first-order chi connectivity index (χ1) is 19.7. The molecule has 2 N–H and O–H groups in total. The van der Waals surface area contributed by atoms with Crippen molar-refractivity contribution in [2.24, 2.45) is 28.6 Å². The Bertz CT molecular complexity index is 874. The maximum Gasteiger partial charge on any atom is 0.303 e. The molecule has 0 radical (unpaired) electrons. The van der Waals surface area contributed by atoms with Crippen LogP contribution in [0.5, 0.6) is 0 Å². The van der Waals surface area contributed by atoms with E-state index in [1.165, 1.54) is 102 Å². The van der Waals surface area contributed by atoms with E-state index in [0.29, 0.717) is 18.1 Å².